The Bertz CT molecular complexity index is 629. The summed E-state index contributed by atoms with van der Waals surface area (Å²) in [6.07, 6.45) is 3.73. The van der Waals surface area contributed by atoms with Gasteiger partial charge in [0.1, 0.15) is 0 Å². The number of hydrogen-bond acceptors (Lipinski definition) is 4. The number of piperidine rings is 1. The molecule has 1 fully saturated rings. The fraction of sp³-hybridized carbons (Fsp3) is 0.500. The van der Waals surface area contributed by atoms with Crippen molar-refractivity contribution in [2.75, 3.05) is 18.0 Å². The number of nitrogens with one attached hydrogen (secondary N) is 1. The van der Waals surface area contributed by atoms with Gasteiger partial charge in [-0.3, -0.25) is 9.78 Å². The Hall–Kier alpha value is -1.62. The summed E-state index contributed by atoms with van der Waals surface area (Å²) < 4.78 is 1.25. The molecule has 1 saturated heterocycles. The van der Waals surface area contributed by atoms with Crippen molar-refractivity contribution in [2.45, 2.75) is 32.7 Å². The molecule has 3 rings (SSSR count). The van der Waals surface area contributed by atoms with Crippen molar-refractivity contribution in [1.29, 1.82) is 0 Å². The predicted octanol–water partition coefficient (Wildman–Crippen LogP) is 3.04. The van der Waals surface area contributed by atoms with Gasteiger partial charge in [0, 0.05) is 31.2 Å². The quantitative estimate of drug-likeness (QED) is 0.948. The molecule has 0 aromatic carbocycles. The minimum Gasteiger partial charge on any atom is -0.370 e. The summed E-state index contributed by atoms with van der Waals surface area (Å²) in [5, 5.41) is 5.11. The number of pyridine rings is 1. The van der Waals surface area contributed by atoms with Crippen molar-refractivity contribution in [2.24, 2.45) is 5.92 Å². The molecule has 0 bridgehead atoms. The smallest absolute Gasteiger partial charge is 0.223 e. The first kappa shape index (κ1) is 14.3. The molecule has 0 radical (unpaired) electrons. The van der Waals surface area contributed by atoms with Gasteiger partial charge in [-0.1, -0.05) is 0 Å². The lowest BCUT2D eigenvalue weighted by Gasteiger charge is -2.33. The summed E-state index contributed by atoms with van der Waals surface area (Å²) >= 11 is 1.74. The van der Waals surface area contributed by atoms with Crippen LogP contribution in [0.4, 0.5) is 5.69 Å². The third-order valence-corrected chi connectivity index (χ3v) is 4.89. The molecular formula is C16H21N3OS. The molecule has 1 amide bonds. The molecule has 2 aromatic heterocycles. The standard InChI is InChI=1S/C16H21N3OS/c1-11(2)18-16(20)12-4-8-19(9-5-12)14-3-7-17-13-6-10-21-15(13)14/h3,6-7,10-12H,4-5,8-9H2,1-2H3,(H,18,20). The number of amides is 1. The highest BCUT2D eigenvalue weighted by Crippen LogP contribution is 2.32. The summed E-state index contributed by atoms with van der Waals surface area (Å²) in [5.74, 6) is 0.366. The largest absolute Gasteiger partial charge is 0.370 e. The zero-order chi connectivity index (χ0) is 14.8. The van der Waals surface area contributed by atoms with E-state index in [4.69, 9.17) is 0 Å². The van der Waals surface area contributed by atoms with Gasteiger partial charge in [0.2, 0.25) is 5.91 Å². The number of aromatic nitrogens is 1. The highest BCUT2D eigenvalue weighted by atomic mass is 32.1. The maximum Gasteiger partial charge on any atom is 0.223 e. The van der Waals surface area contributed by atoms with E-state index in [1.165, 1.54) is 10.4 Å². The van der Waals surface area contributed by atoms with Crippen LogP contribution in [0.5, 0.6) is 0 Å². The molecule has 4 nitrogen and oxygen atoms in total. The number of rotatable bonds is 3. The SMILES string of the molecule is CC(C)NC(=O)C1CCN(c2ccnc3ccsc23)CC1. The van der Waals surface area contributed by atoms with E-state index in [1.807, 2.05) is 20.0 Å². The first-order chi connectivity index (χ1) is 10.1. The number of fused-ring (bicyclic) bond motifs is 1. The van der Waals surface area contributed by atoms with Gasteiger partial charge in [0.25, 0.3) is 0 Å². The molecule has 2 aromatic rings. The maximum absolute atomic E-state index is 12.1. The van der Waals surface area contributed by atoms with Crippen LogP contribution in [0.1, 0.15) is 26.7 Å². The van der Waals surface area contributed by atoms with Crippen molar-refractivity contribution in [3.8, 4) is 0 Å². The Labute approximate surface area is 129 Å². The van der Waals surface area contributed by atoms with Gasteiger partial charge < -0.3 is 10.2 Å². The van der Waals surface area contributed by atoms with Crippen molar-refractivity contribution < 1.29 is 4.79 Å². The van der Waals surface area contributed by atoms with Crippen molar-refractivity contribution in [3.05, 3.63) is 23.7 Å². The van der Waals surface area contributed by atoms with Gasteiger partial charge >= 0.3 is 0 Å². The van der Waals surface area contributed by atoms with E-state index in [0.29, 0.717) is 0 Å². The van der Waals surface area contributed by atoms with Crippen LogP contribution in [0.15, 0.2) is 23.7 Å². The van der Waals surface area contributed by atoms with Crippen molar-refractivity contribution >= 4 is 33.1 Å². The highest BCUT2D eigenvalue weighted by Gasteiger charge is 2.26. The van der Waals surface area contributed by atoms with E-state index in [-0.39, 0.29) is 17.9 Å². The van der Waals surface area contributed by atoms with Gasteiger partial charge in [-0.2, -0.15) is 0 Å². The first-order valence-corrected chi connectivity index (χ1v) is 8.40. The lowest BCUT2D eigenvalue weighted by molar-refractivity contribution is -0.126. The highest BCUT2D eigenvalue weighted by molar-refractivity contribution is 7.17. The van der Waals surface area contributed by atoms with Crippen LogP contribution in [-0.4, -0.2) is 30.0 Å². The summed E-state index contributed by atoms with van der Waals surface area (Å²) in [7, 11) is 0. The summed E-state index contributed by atoms with van der Waals surface area (Å²) in [4.78, 5) is 18.9. The van der Waals surface area contributed by atoms with E-state index < -0.39 is 0 Å². The van der Waals surface area contributed by atoms with E-state index in [1.54, 1.807) is 11.3 Å². The number of carbonyl (C=O) groups is 1. The van der Waals surface area contributed by atoms with Gasteiger partial charge in [-0.05, 0) is 44.2 Å². The minimum absolute atomic E-state index is 0.157. The monoisotopic (exact) mass is 303 g/mol. The normalized spacial score (nSPS) is 16.6. The van der Waals surface area contributed by atoms with Gasteiger partial charge in [0.05, 0.1) is 15.9 Å². The predicted molar refractivity (Wildman–Crippen MR) is 87.8 cm³/mol. The Morgan fingerprint density at radius 1 is 1.38 bits per heavy atom. The van der Waals surface area contributed by atoms with Crippen LogP contribution in [-0.2, 0) is 4.79 Å². The number of anilines is 1. The van der Waals surface area contributed by atoms with E-state index in [2.05, 4.69) is 32.7 Å². The average molecular weight is 303 g/mol. The van der Waals surface area contributed by atoms with Crippen molar-refractivity contribution in [3.63, 3.8) is 0 Å². The molecule has 3 heterocycles. The van der Waals surface area contributed by atoms with E-state index >= 15 is 0 Å². The Balaban J connectivity index is 1.68. The zero-order valence-electron chi connectivity index (χ0n) is 12.5. The summed E-state index contributed by atoms with van der Waals surface area (Å²) in [6.45, 7) is 5.90. The third-order valence-electron chi connectivity index (χ3n) is 3.96. The Morgan fingerprint density at radius 2 is 2.14 bits per heavy atom. The minimum atomic E-state index is 0.157. The summed E-state index contributed by atoms with van der Waals surface area (Å²) in [6, 6.07) is 4.38. The van der Waals surface area contributed by atoms with Crippen LogP contribution in [0.25, 0.3) is 10.2 Å². The molecule has 0 aliphatic carbocycles. The number of carbonyl (C=O) groups excluding carboxylic acids is 1. The fourth-order valence-electron chi connectivity index (χ4n) is 2.89. The van der Waals surface area contributed by atoms with Crippen molar-refractivity contribution in [1.82, 2.24) is 10.3 Å². The molecule has 0 spiro atoms. The first-order valence-electron chi connectivity index (χ1n) is 7.52. The number of hydrogen-bond donors (Lipinski definition) is 1. The van der Waals surface area contributed by atoms with Crippen LogP contribution in [0.3, 0.4) is 0 Å². The molecule has 112 valence electrons. The second kappa shape index (κ2) is 6.02. The Morgan fingerprint density at radius 3 is 2.86 bits per heavy atom. The lowest BCUT2D eigenvalue weighted by atomic mass is 9.95. The molecule has 0 atom stereocenters. The Kier molecular flexibility index (Phi) is 4.10. The molecular weight excluding hydrogens is 282 g/mol. The molecule has 5 heteroatoms. The molecule has 1 aliphatic heterocycles. The van der Waals surface area contributed by atoms with Crippen LogP contribution in [0.2, 0.25) is 0 Å². The maximum atomic E-state index is 12.1. The molecule has 1 N–H and O–H groups in total. The third kappa shape index (κ3) is 3.02. The second-order valence-corrected chi connectivity index (χ2v) is 6.81. The average Bonchev–Trinajstić information content (AvgIpc) is 2.95. The number of thiophene rings is 1. The van der Waals surface area contributed by atoms with Gasteiger partial charge in [-0.25, -0.2) is 0 Å². The molecule has 1 aliphatic rings. The van der Waals surface area contributed by atoms with E-state index in [9.17, 15) is 4.79 Å². The van der Waals surface area contributed by atoms with Crippen LogP contribution >= 0.6 is 11.3 Å². The second-order valence-electron chi connectivity index (χ2n) is 5.89. The number of nitrogens with zero attached hydrogens (tertiary/aromatic N) is 2. The molecule has 0 unspecified atom stereocenters. The fourth-order valence-corrected chi connectivity index (χ4v) is 3.79. The van der Waals surface area contributed by atoms with Crippen LogP contribution in [0, 0.1) is 5.92 Å². The van der Waals surface area contributed by atoms with Gasteiger partial charge in [-0.15, -0.1) is 11.3 Å². The lowest BCUT2D eigenvalue weighted by Crippen LogP contribution is -2.42. The topological polar surface area (TPSA) is 45.2 Å². The molecule has 21 heavy (non-hydrogen) atoms. The molecule has 0 saturated carbocycles. The summed E-state index contributed by atoms with van der Waals surface area (Å²) in [5.41, 5.74) is 2.33. The van der Waals surface area contributed by atoms with Gasteiger partial charge in [0.15, 0.2) is 0 Å². The van der Waals surface area contributed by atoms with E-state index in [0.717, 1.165) is 31.4 Å². The van der Waals surface area contributed by atoms with Crippen LogP contribution < -0.4 is 10.2 Å². The zero-order valence-corrected chi connectivity index (χ0v) is 13.3.